The fourth-order valence-corrected chi connectivity index (χ4v) is 3.64. The molecule has 0 unspecified atom stereocenters. The Morgan fingerprint density at radius 2 is 2.00 bits per heavy atom. The van der Waals surface area contributed by atoms with E-state index in [1.54, 1.807) is 23.1 Å². The number of H-pyrrole nitrogens is 1. The van der Waals surface area contributed by atoms with Gasteiger partial charge in [-0.2, -0.15) is 0 Å². The molecule has 1 aliphatic heterocycles. The molecule has 1 amide bonds. The maximum Gasteiger partial charge on any atom is 0.277 e. The molecule has 1 fully saturated rings. The number of carbonyl (C=O) groups is 1. The highest BCUT2D eigenvalue weighted by atomic mass is 35.5. The lowest BCUT2D eigenvalue weighted by Crippen LogP contribution is -2.35. The SMILES string of the molecule is O=C(c1s[nH]c(=O)c1Cl)N1CCCN(c2ccccc2F)CC1. The Bertz CT molecular complexity index is 776. The van der Waals surface area contributed by atoms with Gasteiger partial charge in [-0.3, -0.25) is 14.0 Å². The van der Waals surface area contributed by atoms with Crippen LogP contribution in [0.5, 0.6) is 0 Å². The van der Waals surface area contributed by atoms with Gasteiger partial charge in [-0.1, -0.05) is 35.3 Å². The Balaban J connectivity index is 1.74. The fraction of sp³-hybridized carbons (Fsp3) is 0.333. The average Bonchev–Trinajstić information content (AvgIpc) is 2.77. The van der Waals surface area contributed by atoms with Crippen molar-refractivity contribution < 1.29 is 9.18 Å². The molecule has 1 saturated heterocycles. The van der Waals surface area contributed by atoms with Crippen molar-refractivity contribution in [2.45, 2.75) is 6.42 Å². The van der Waals surface area contributed by atoms with Gasteiger partial charge in [0.25, 0.3) is 11.5 Å². The molecule has 0 atom stereocenters. The van der Waals surface area contributed by atoms with Crippen molar-refractivity contribution in [1.82, 2.24) is 9.27 Å². The van der Waals surface area contributed by atoms with Gasteiger partial charge in [-0.15, -0.1) is 0 Å². The summed E-state index contributed by atoms with van der Waals surface area (Å²) in [4.78, 5) is 27.7. The van der Waals surface area contributed by atoms with Crippen LogP contribution in [0.3, 0.4) is 0 Å². The molecule has 0 saturated carbocycles. The third kappa shape index (κ3) is 3.25. The number of aromatic nitrogens is 1. The minimum atomic E-state index is -0.442. The zero-order valence-corrected chi connectivity index (χ0v) is 13.8. The van der Waals surface area contributed by atoms with Crippen molar-refractivity contribution in [3.05, 3.63) is 50.3 Å². The number of halogens is 2. The van der Waals surface area contributed by atoms with Gasteiger partial charge in [0, 0.05) is 26.2 Å². The van der Waals surface area contributed by atoms with Crippen LogP contribution in [-0.4, -0.2) is 41.4 Å². The number of carbonyl (C=O) groups excluding carboxylic acids is 1. The van der Waals surface area contributed by atoms with E-state index >= 15 is 0 Å². The quantitative estimate of drug-likeness (QED) is 0.900. The first kappa shape index (κ1) is 16.0. The minimum Gasteiger partial charge on any atom is -0.367 e. The van der Waals surface area contributed by atoms with Gasteiger partial charge in [-0.25, -0.2) is 4.39 Å². The molecule has 0 aliphatic carbocycles. The monoisotopic (exact) mass is 355 g/mol. The van der Waals surface area contributed by atoms with E-state index in [0.717, 1.165) is 18.0 Å². The number of aromatic amines is 1. The van der Waals surface area contributed by atoms with Gasteiger partial charge in [0.1, 0.15) is 15.7 Å². The first-order valence-electron chi connectivity index (χ1n) is 7.23. The Morgan fingerprint density at radius 1 is 1.22 bits per heavy atom. The molecule has 3 rings (SSSR count). The first-order valence-corrected chi connectivity index (χ1v) is 8.43. The maximum atomic E-state index is 13.9. The van der Waals surface area contributed by atoms with Gasteiger partial charge >= 0.3 is 0 Å². The van der Waals surface area contributed by atoms with Crippen molar-refractivity contribution in [2.75, 3.05) is 31.1 Å². The average molecular weight is 356 g/mol. The van der Waals surface area contributed by atoms with Crippen molar-refractivity contribution in [3.63, 3.8) is 0 Å². The first-order chi connectivity index (χ1) is 11.1. The van der Waals surface area contributed by atoms with Gasteiger partial charge in [0.15, 0.2) is 0 Å². The Kier molecular flexibility index (Phi) is 4.68. The molecule has 0 radical (unpaired) electrons. The molecule has 2 aromatic rings. The summed E-state index contributed by atoms with van der Waals surface area (Å²) in [5.41, 5.74) is 0.106. The predicted molar refractivity (Wildman–Crippen MR) is 89.1 cm³/mol. The van der Waals surface area contributed by atoms with E-state index in [0.29, 0.717) is 31.9 Å². The molecular formula is C15H15ClFN3O2S. The molecule has 0 bridgehead atoms. The highest BCUT2D eigenvalue weighted by Crippen LogP contribution is 2.22. The predicted octanol–water partition coefficient (Wildman–Crippen LogP) is 2.58. The van der Waals surface area contributed by atoms with Gasteiger partial charge in [0.05, 0.1) is 5.69 Å². The standard InChI is InChI=1S/C15H15ClFN3O2S/c16-12-13(23-18-14(12)21)15(22)20-7-3-6-19(8-9-20)11-5-2-1-4-10(11)17/h1-2,4-5H,3,6-9H2,(H,18,21). The summed E-state index contributed by atoms with van der Waals surface area (Å²) in [7, 11) is 0. The van der Waals surface area contributed by atoms with E-state index in [9.17, 15) is 14.0 Å². The minimum absolute atomic E-state index is 0.0600. The maximum absolute atomic E-state index is 13.9. The number of amides is 1. The summed E-state index contributed by atoms with van der Waals surface area (Å²) in [6.45, 7) is 2.20. The van der Waals surface area contributed by atoms with E-state index in [-0.39, 0.29) is 21.6 Å². The number of nitrogens with one attached hydrogen (secondary N) is 1. The van der Waals surface area contributed by atoms with Crippen LogP contribution in [0.2, 0.25) is 5.02 Å². The van der Waals surface area contributed by atoms with Crippen LogP contribution in [0, 0.1) is 5.82 Å². The Labute approximate surface area is 141 Å². The van der Waals surface area contributed by atoms with E-state index in [2.05, 4.69) is 4.37 Å². The van der Waals surface area contributed by atoms with Crippen molar-refractivity contribution in [2.24, 2.45) is 0 Å². The summed E-state index contributed by atoms with van der Waals surface area (Å²) in [6.07, 6.45) is 0.719. The summed E-state index contributed by atoms with van der Waals surface area (Å²) >= 11 is 6.82. The topological polar surface area (TPSA) is 56.4 Å². The Morgan fingerprint density at radius 3 is 2.70 bits per heavy atom. The lowest BCUT2D eigenvalue weighted by Gasteiger charge is -2.23. The number of anilines is 1. The molecule has 1 aliphatic rings. The second kappa shape index (κ2) is 6.72. The normalized spacial score (nSPS) is 15.6. The van der Waals surface area contributed by atoms with Crippen LogP contribution in [0.4, 0.5) is 10.1 Å². The molecule has 122 valence electrons. The number of para-hydroxylation sites is 1. The van der Waals surface area contributed by atoms with Crippen molar-refractivity contribution in [1.29, 1.82) is 0 Å². The van der Waals surface area contributed by atoms with E-state index in [1.165, 1.54) is 6.07 Å². The third-order valence-electron chi connectivity index (χ3n) is 3.81. The number of rotatable bonds is 2. The highest BCUT2D eigenvalue weighted by Gasteiger charge is 2.25. The number of benzene rings is 1. The molecule has 5 nitrogen and oxygen atoms in total. The van der Waals surface area contributed by atoms with Gasteiger partial charge in [0.2, 0.25) is 0 Å². The van der Waals surface area contributed by atoms with E-state index < -0.39 is 5.56 Å². The van der Waals surface area contributed by atoms with Crippen LogP contribution in [0.25, 0.3) is 0 Å². The summed E-state index contributed by atoms with van der Waals surface area (Å²) in [5, 5.41) is -0.0600. The molecule has 2 heterocycles. The van der Waals surface area contributed by atoms with Crippen LogP contribution in [-0.2, 0) is 0 Å². The molecule has 0 spiro atoms. The van der Waals surface area contributed by atoms with Crippen LogP contribution >= 0.6 is 23.1 Å². The van der Waals surface area contributed by atoms with Crippen LogP contribution in [0.15, 0.2) is 29.1 Å². The molecule has 1 N–H and O–H groups in total. The van der Waals surface area contributed by atoms with E-state index in [4.69, 9.17) is 11.6 Å². The summed E-state index contributed by atoms with van der Waals surface area (Å²) in [6, 6.07) is 6.62. The van der Waals surface area contributed by atoms with Crippen molar-refractivity contribution >= 4 is 34.7 Å². The molecule has 23 heavy (non-hydrogen) atoms. The second-order valence-electron chi connectivity index (χ2n) is 5.26. The number of nitrogens with zero attached hydrogens (tertiary/aromatic N) is 2. The molecule has 1 aromatic heterocycles. The molecule has 1 aromatic carbocycles. The molecular weight excluding hydrogens is 341 g/mol. The second-order valence-corrected chi connectivity index (χ2v) is 6.46. The summed E-state index contributed by atoms with van der Waals surface area (Å²) < 4.78 is 16.4. The zero-order chi connectivity index (χ0) is 16.4. The smallest absolute Gasteiger partial charge is 0.277 e. The Hall–Kier alpha value is -1.86. The summed E-state index contributed by atoms with van der Waals surface area (Å²) in [5.74, 6) is -0.520. The fourth-order valence-electron chi connectivity index (χ4n) is 2.64. The van der Waals surface area contributed by atoms with Gasteiger partial charge in [-0.05, 0) is 18.6 Å². The van der Waals surface area contributed by atoms with E-state index in [1.807, 2.05) is 4.90 Å². The lowest BCUT2D eigenvalue weighted by atomic mass is 10.2. The highest BCUT2D eigenvalue weighted by molar-refractivity contribution is 7.08. The number of hydrogen-bond donors (Lipinski definition) is 1. The lowest BCUT2D eigenvalue weighted by molar-refractivity contribution is 0.0772. The van der Waals surface area contributed by atoms with Gasteiger partial charge < -0.3 is 9.80 Å². The van der Waals surface area contributed by atoms with Crippen LogP contribution in [0.1, 0.15) is 16.1 Å². The third-order valence-corrected chi connectivity index (χ3v) is 5.16. The van der Waals surface area contributed by atoms with Crippen molar-refractivity contribution in [3.8, 4) is 0 Å². The zero-order valence-electron chi connectivity index (χ0n) is 12.2. The largest absolute Gasteiger partial charge is 0.367 e. The van der Waals surface area contributed by atoms with Crippen LogP contribution < -0.4 is 10.5 Å². The molecule has 8 heteroatoms. The number of hydrogen-bond acceptors (Lipinski definition) is 4.